The molecule has 2 heterocycles. The molecule has 2 N–H and O–H groups in total. The summed E-state index contributed by atoms with van der Waals surface area (Å²) in [5.41, 5.74) is 0. The molecule has 2 aliphatic rings. The number of aliphatic carboxylic acids is 1. The molecule has 0 spiro atoms. The van der Waals surface area contributed by atoms with Gasteiger partial charge in [-0.2, -0.15) is 0 Å². The number of carboxylic acids is 1. The molecule has 0 saturated carbocycles. The van der Waals surface area contributed by atoms with Gasteiger partial charge in [-0.1, -0.05) is 0 Å². The first kappa shape index (κ1) is 13.3. The second-order valence-corrected chi connectivity index (χ2v) is 5.04. The molecule has 2 unspecified atom stereocenters. The van der Waals surface area contributed by atoms with E-state index in [1.165, 1.54) is 0 Å². The van der Waals surface area contributed by atoms with Crippen molar-refractivity contribution in [3.63, 3.8) is 0 Å². The maximum absolute atomic E-state index is 12.3. The van der Waals surface area contributed by atoms with Crippen LogP contribution in [0.15, 0.2) is 0 Å². The van der Waals surface area contributed by atoms with E-state index in [9.17, 15) is 9.59 Å². The molecule has 0 aromatic heterocycles. The first-order valence-electron chi connectivity index (χ1n) is 6.39. The lowest BCUT2D eigenvalue weighted by molar-refractivity contribution is -0.145. The Labute approximate surface area is 106 Å². The van der Waals surface area contributed by atoms with Crippen molar-refractivity contribution in [2.24, 2.45) is 11.8 Å². The average Bonchev–Trinajstić information content (AvgIpc) is 2.87. The van der Waals surface area contributed by atoms with Crippen LogP contribution in [0.4, 0.5) is 0 Å². The zero-order valence-corrected chi connectivity index (χ0v) is 10.6. The van der Waals surface area contributed by atoms with Crippen LogP contribution in [-0.2, 0) is 14.3 Å². The van der Waals surface area contributed by atoms with Gasteiger partial charge in [0.25, 0.3) is 0 Å². The van der Waals surface area contributed by atoms with Crippen LogP contribution >= 0.6 is 0 Å². The molecule has 6 nitrogen and oxygen atoms in total. The van der Waals surface area contributed by atoms with Crippen LogP contribution < -0.4 is 5.32 Å². The predicted octanol–water partition coefficient (Wildman–Crippen LogP) is -0.456. The van der Waals surface area contributed by atoms with Gasteiger partial charge in [-0.25, -0.2) is 0 Å². The third-order valence-electron chi connectivity index (χ3n) is 3.86. The number of carboxylic acid groups (broad SMARTS) is 1. The van der Waals surface area contributed by atoms with E-state index >= 15 is 0 Å². The van der Waals surface area contributed by atoms with Gasteiger partial charge in [0, 0.05) is 13.6 Å². The van der Waals surface area contributed by atoms with Crippen LogP contribution in [0.2, 0.25) is 0 Å². The predicted molar refractivity (Wildman–Crippen MR) is 64.1 cm³/mol. The SMILES string of the molecule is CN(C(=O)[C@@H]1CCCNC1)C1COCC1C(=O)O. The van der Waals surface area contributed by atoms with Gasteiger partial charge in [0.05, 0.1) is 25.2 Å². The molecule has 2 fully saturated rings. The number of nitrogens with zero attached hydrogens (tertiary/aromatic N) is 1. The molecule has 102 valence electrons. The van der Waals surface area contributed by atoms with Crippen molar-refractivity contribution < 1.29 is 19.4 Å². The summed E-state index contributed by atoms with van der Waals surface area (Å²) < 4.78 is 5.20. The lowest BCUT2D eigenvalue weighted by Gasteiger charge is -2.31. The highest BCUT2D eigenvalue weighted by Gasteiger charge is 2.39. The van der Waals surface area contributed by atoms with E-state index in [2.05, 4.69) is 5.32 Å². The van der Waals surface area contributed by atoms with Gasteiger partial charge >= 0.3 is 5.97 Å². The number of piperidine rings is 1. The molecule has 1 amide bonds. The van der Waals surface area contributed by atoms with Crippen LogP contribution in [-0.4, -0.2) is 61.3 Å². The van der Waals surface area contributed by atoms with E-state index in [0.717, 1.165) is 19.4 Å². The van der Waals surface area contributed by atoms with E-state index in [-0.39, 0.29) is 24.5 Å². The number of hydrogen-bond acceptors (Lipinski definition) is 4. The van der Waals surface area contributed by atoms with Crippen LogP contribution in [0.1, 0.15) is 12.8 Å². The van der Waals surface area contributed by atoms with E-state index in [0.29, 0.717) is 13.2 Å². The Bertz CT molecular complexity index is 328. The summed E-state index contributed by atoms with van der Waals surface area (Å²) in [6, 6.07) is -0.336. The topological polar surface area (TPSA) is 78.9 Å². The molecule has 0 radical (unpaired) electrons. The lowest BCUT2D eigenvalue weighted by atomic mass is 9.95. The van der Waals surface area contributed by atoms with Crippen LogP contribution in [0.5, 0.6) is 0 Å². The number of likely N-dealkylation sites (N-methyl/N-ethyl adjacent to an activating group) is 1. The summed E-state index contributed by atoms with van der Waals surface area (Å²) in [5.74, 6) is -1.49. The third kappa shape index (κ3) is 2.64. The Balaban J connectivity index is 1.98. The molecule has 0 aromatic carbocycles. The second kappa shape index (κ2) is 5.67. The number of rotatable bonds is 3. The summed E-state index contributed by atoms with van der Waals surface area (Å²) in [4.78, 5) is 24.9. The number of carbonyl (C=O) groups excluding carboxylic acids is 1. The van der Waals surface area contributed by atoms with Crippen LogP contribution in [0, 0.1) is 11.8 Å². The maximum Gasteiger partial charge on any atom is 0.311 e. The van der Waals surface area contributed by atoms with E-state index in [1.807, 2.05) is 0 Å². The number of amides is 1. The third-order valence-corrected chi connectivity index (χ3v) is 3.86. The van der Waals surface area contributed by atoms with Crippen molar-refractivity contribution in [3.05, 3.63) is 0 Å². The van der Waals surface area contributed by atoms with Gasteiger partial charge in [-0.05, 0) is 19.4 Å². The number of carbonyl (C=O) groups is 2. The van der Waals surface area contributed by atoms with E-state index in [4.69, 9.17) is 9.84 Å². The minimum absolute atomic E-state index is 0.0289. The van der Waals surface area contributed by atoms with Gasteiger partial charge in [0.1, 0.15) is 5.92 Å². The number of nitrogens with one attached hydrogen (secondary N) is 1. The number of hydrogen-bond donors (Lipinski definition) is 2. The van der Waals surface area contributed by atoms with Crippen molar-refractivity contribution in [1.29, 1.82) is 0 Å². The van der Waals surface area contributed by atoms with E-state index in [1.54, 1.807) is 11.9 Å². The Morgan fingerprint density at radius 1 is 1.39 bits per heavy atom. The molecule has 0 aromatic rings. The molecule has 3 atom stereocenters. The summed E-state index contributed by atoms with van der Waals surface area (Å²) in [5, 5.41) is 12.3. The molecule has 0 aliphatic carbocycles. The quantitative estimate of drug-likeness (QED) is 0.714. The molecule has 18 heavy (non-hydrogen) atoms. The second-order valence-electron chi connectivity index (χ2n) is 5.04. The highest BCUT2D eigenvalue weighted by Crippen LogP contribution is 2.22. The Hall–Kier alpha value is -1.14. The van der Waals surface area contributed by atoms with Crippen molar-refractivity contribution in [2.75, 3.05) is 33.4 Å². The maximum atomic E-state index is 12.3. The molecule has 6 heteroatoms. The van der Waals surface area contributed by atoms with Crippen LogP contribution in [0.25, 0.3) is 0 Å². The largest absolute Gasteiger partial charge is 0.481 e. The molecular formula is C12H20N2O4. The highest BCUT2D eigenvalue weighted by atomic mass is 16.5. The first-order chi connectivity index (χ1) is 8.61. The Kier molecular flexibility index (Phi) is 4.19. The first-order valence-corrected chi connectivity index (χ1v) is 6.39. The van der Waals surface area contributed by atoms with Gasteiger partial charge in [-0.15, -0.1) is 0 Å². The van der Waals surface area contributed by atoms with Crippen LogP contribution in [0.3, 0.4) is 0 Å². The van der Waals surface area contributed by atoms with Crippen molar-refractivity contribution >= 4 is 11.9 Å². The Morgan fingerprint density at radius 2 is 2.17 bits per heavy atom. The van der Waals surface area contributed by atoms with Gasteiger partial charge < -0.3 is 20.1 Å². The normalized spacial score (nSPS) is 32.2. The van der Waals surface area contributed by atoms with E-state index < -0.39 is 11.9 Å². The smallest absolute Gasteiger partial charge is 0.311 e. The van der Waals surface area contributed by atoms with Gasteiger partial charge in [-0.3, -0.25) is 9.59 Å². The minimum atomic E-state index is -0.890. The standard InChI is InChI=1S/C12H20N2O4/c1-14(10-7-18-6-9(10)12(16)17)11(15)8-3-2-4-13-5-8/h8-10,13H,2-7H2,1H3,(H,16,17)/t8-,9?,10?/m1/s1. The zero-order valence-electron chi connectivity index (χ0n) is 10.6. The monoisotopic (exact) mass is 256 g/mol. The molecule has 2 saturated heterocycles. The molecule has 2 rings (SSSR count). The fraction of sp³-hybridized carbons (Fsp3) is 0.833. The lowest BCUT2D eigenvalue weighted by Crippen LogP contribution is -2.49. The Morgan fingerprint density at radius 3 is 2.78 bits per heavy atom. The fourth-order valence-electron chi connectivity index (χ4n) is 2.67. The fourth-order valence-corrected chi connectivity index (χ4v) is 2.67. The van der Waals surface area contributed by atoms with Crippen molar-refractivity contribution in [3.8, 4) is 0 Å². The zero-order chi connectivity index (χ0) is 13.1. The van der Waals surface area contributed by atoms with Crippen molar-refractivity contribution in [2.45, 2.75) is 18.9 Å². The number of ether oxygens (including phenoxy) is 1. The summed E-state index contributed by atoms with van der Waals surface area (Å²) in [7, 11) is 1.69. The molecule has 2 aliphatic heterocycles. The van der Waals surface area contributed by atoms with Gasteiger partial charge in [0.2, 0.25) is 5.91 Å². The van der Waals surface area contributed by atoms with Gasteiger partial charge in [0.15, 0.2) is 0 Å². The average molecular weight is 256 g/mol. The molecular weight excluding hydrogens is 236 g/mol. The highest BCUT2D eigenvalue weighted by molar-refractivity contribution is 5.80. The summed E-state index contributed by atoms with van der Waals surface area (Å²) in [6.45, 7) is 2.16. The summed E-state index contributed by atoms with van der Waals surface area (Å²) in [6.07, 6.45) is 1.87. The minimum Gasteiger partial charge on any atom is -0.481 e. The molecule has 0 bridgehead atoms. The van der Waals surface area contributed by atoms with Crippen molar-refractivity contribution in [1.82, 2.24) is 10.2 Å². The summed E-state index contributed by atoms with van der Waals surface area (Å²) >= 11 is 0.